The van der Waals surface area contributed by atoms with Crippen molar-refractivity contribution in [3.8, 4) is 5.75 Å². The number of morpholine rings is 1. The first kappa shape index (κ1) is 20.4. The molecule has 2 fully saturated rings. The molecule has 2 aromatic rings. The van der Waals surface area contributed by atoms with E-state index < -0.39 is 0 Å². The molecule has 0 aliphatic carbocycles. The fourth-order valence-corrected chi connectivity index (χ4v) is 4.27. The number of ether oxygens (including phenoxy) is 2. The summed E-state index contributed by atoms with van der Waals surface area (Å²) in [4.78, 5) is 22.7. The van der Waals surface area contributed by atoms with Gasteiger partial charge in [-0.1, -0.05) is 11.6 Å². The molecule has 164 valence electrons. The summed E-state index contributed by atoms with van der Waals surface area (Å²) in [7, 11) is 0. The molecule has 0 atom stereocenters. The Hall–Kier alpha value is -2.49. The lowest BCUT2D eigenvalue weighted by molar-refractivity contribution is 0.122. The van der Waals surface area contributed by atoms with Gasteiger partial charge in [0.1, 0.15) is 16.5 Å². The van der Waals surface area contributed by atoms with Gasteiger partial charge in [0.05, 0.1) is 31.6 Å². The molecule has 0 bridgehead atoms. The van der Waals surface area contributed by atoms with Crippen LogP contribution in [0.4, 0.5) is 11.6 Å². The number of piperidine rings is 1. The number of aromatic nitrogens is 3. The zero-order valence-electron chi connectivity index (χ0n) is 17.6. The molecule has 5 rings (SSSR count). The van der Waals surface area contributed by atoms with Crippen LogP contribution in [-0.2, 0) is 11.3 Å². The average molecular weight is 444 g/mol. The fourth-order valence-electron chi connectivity index (χ4n) is 4.00. The van der Waals surface area contributed by atoms with E-state index in [0.29, 0.717) is 47.9 Å². The molecule has 31 heavy (non-hydrogen) atoms. The molecule has 3 aliphatic heterocycles. The van der Waals surface area contributed by atoms with Gasteiger partial charge in [0.25, 0.3) is 0 Å². The number of aliphatic imine (C=N–C) groups is 1. The van der Waals surface area contributed by atoms with E-state index in [1.807, 2.05) is 0 Å². The van der Waals surface area contributed by atoms with Gasteiger partial charge < -0.3 is 25.0 Å². The number of rotatable bonds is 3. The first-order valence-electron chi connectivity index (χ1n) is 10.6. The highest BCUT2D eigenvalue weighted by Gasteiger charge is 2.29. The van der Waals surface area contributed by atoms with Crippen LogP contribution in [-0.4, -0.2) is 65.8 Å². The van der Waals surface area contributed by atoms with E-state index in [1.165, 1.54) is 0 Å². The Morgan fingerprint density at radius 2 is 1.90 bits per heavy atom. The molecule has 0 unspecified atom stereocenters. The normalized spacial score (nSPS) is 20.4. The van der Waals surface area contributed by atoms with Crippen LogP contribution in [0.2, 0.25) is 5.02 Å². The summed E-state index contributed by atoms with van der Waals surface area (Å²) in [6, 6.07) is 1.74. The van der Waals surface area contributed by atoms with Crippen LogP contribution in [0, 0.1) is 0 Å². The standard InChI is InChI=1S/C21H26ClN7O2/c1-21(23)3-6-28(7-4-21)16-13-25-18-14(27-16)12-26-20(18)31-15-2-5-24-19(17(15)22)29-8-10-30-11-9-29/h2,5,13H,3-4,6-12,23H2,1H3. The molecule has 3 aliphatic rings. The Labute approximate surface area is 186 Å². The van der Waals surface area contributed by atoms with Crippen molar-refractivity contribution in [3.63, 3.8) is 0 Å². The Bertz CT molecular complexity index is 997. The predicted octanol–water partition coefficient (Wildman–Crippen LogP) is 2.02. The minimum absolute atomic E-state index is 0.103. The number of hydrogen-bond donors (Lipinski definition) is 1. The van der Waals surface area contributed by atoms with E-state index in [0.717, 1.165) is 50.5 Å². The summed E-state index contributed by atoms with van der Waals surface area (Å²) in [5.41, 5.74) is 7.62. The number of halogens is 1. The molecular formula is C21H26ClN7O2. The second-order valence-corrected chi connectivity index (χ2v) is 8.81. The van der Waals surface area contributed by atoms with Gasteiger partial charge in [0, 0.05) is 44.0 Å². The molecule has 0 radical (unpaired) electrons. The highest BCUT2D eigenvalue weighted by atomic mass is 35.5. The van der Waals surface area contributed by atoms with Crippen LogP contribution in [0.5, 0.6) is 5.75 Å². The molecular weight excluding hydrogens is 418 g/mol. The van der Waals surface area contributed by atoms with Gasteiger partial charge in [0.2, 0.25) is 5.90 Å². The van der Waals surface area contributed by atoms with E-state index in [9.17, 15) is 0 Å². The first-order valence-corrected chi connectivity index (χ1v) is 11.0. The summed E-state index contributed by atoms with van der Waals surface area (Å²) in [6.45, 7) is 7.09. The summed E-state index contributed by atoms with van der Waals surface area (Å²) in [5.74, 6) is 2.50. The molecule has 5 heterocycles. The average Bonchev–Trinajstić information content (AvgIpc) is 3.18. The lowest BCUT2D eigenvalue weighted by Crippen LogP contribution is -2.48. The van der Waals surface area contributed by atoms with Crippen molar-refractivity contribution in [2.24, 2.45) is 10.7 Å². The van der Waals surface area contributed by atoms with Crippen molar-refractivity contribution in [2.75, 3.05) is 49.2 Å². The van der Waals surface area contributed by atoms with Crippen molar-refractivity contribution in [3.05, 3.63) is 34.9 Å². The molecule has 0 amide bonds. The van der Waals surface area contributed by atoms with Crippen molar-refractivity contribution < 1.29 is 9.47 Å². The van der Waals surface area contributed by atoms with Gasteiger partial charge in [-0.05, 0) is 19.8 Å². The smallest absolute Gasteiger partial charge is 0.243 e. The number of anilines is 2. The number of fused-ring (bicyclic) bond motifs is 1. The first-order chi connectivity index (χ1) is 15.0. The quantitative estimate of drug-likeness (QED) is 0.768. The van der Waals surface area contributed by atoms with E-state index >= 15 is 0 Å². The number of pyridine rings is 1. The number of nitrogens with zero attached hydrogens (tertiary/aromatic N) is 6. The van der Waals surface area contributed by atoms with Crippen LogP contribution < -0.4 is 20.3 Å². The minimum Gasteiger partial charge on any atom is -0.435 e. The SMILES string of the molecule is CC1(N)CCN(c2cnc3c(n2)CN=C3Oc2ccnc(N3CCOCC3)c2Cl)CC1. The summed E-state index contributed by atoms with van der Waals surface area (Å²) in [6.07, 6.45) is 5.35. The zero-order chi connectivity index (χ0) is 21.4. The Balaban J connectivity index is 1.32. The Morgan fingerprint density at radius 1 is 1.13 bits per heavy atom. The van der Waals surface area contributed by atoms with Gasteiger partial charge >= 0.3 is 0 Å². The number of hydrogen-bond acceptors (Lipinski definition) is 9. The monoisotopic (exact) mass is 443 g/mol. The maximum atomic E-state index is 6.62. The van der Waals surface area contributed by atoms with Crippen LogP contribution >= 0.6 is 11.6 Å². The highest BCUT2D eigenvalue weighted by molar-refractivity contribution is 6.34. The predicted molar refractivity (Wildman–Crippen MR) is 119 cm³/mol. The van der Waals surface area contributed by atoms with E-state index in [4.69, 9.17) is 31.8 Å². The Kier molecular flexibility index (Phi) is 5.41. The molecule has 0 spiro atoms. The summed E-state index contributed by atoms with van der Waals surface area (Å²) >= 11 is 6.62. The van der Waals surface area contributed by atoms with Crippen LogP contribution in [0.25, 0.3) is 0 Å². The van der Waals surface area contributed by atoms with Crippen LogP contribution in [0.3, 0.4) is 0 Å². The molecule has 10 heteroatoms. The molecule has 0 aromatic carbocycles. The molecule has 0 saturated carbocycles. The summed E-state index contributed by atoms with van der Waals surface area (Å²) in [5, 5.41) is 0.461. The topological polar surface area (TPSA) is 102 Å². The Morgan fingerprint density at radius 3 is 2.68 bits per heavy atom. The second-order valence-electron chi connectivity index (χ2n) is 8.43. The third-order valence-corrected chi connectivity index (χ3v) is 6.34. The summed E-state index contributed by atoms with van der Waals surface area (Å²) < 4.78 is 11.5. The largest absolute Gasteiger partial charge is 0.435 e. The number of nitrogens with two attached hydrogens (primary N) is 1. The van der Waals surface area contributed by atoms with E-state index in [2.05, 4.69) is 31.7 Å². The fraction of sp³-hybridized carbons (Fsp3) is 0.524. The zero-order valence-corrected chi connectivity index (χ0v) is 18.3. The molecule has 2 N–H and O–H groups in total. The van der Waals surface area contributed by atoms with E-state index in [-0.39, 0.29) is 5.54 Å². The van der Waals surface area contributed by atoms with Crippen molar-refractivity contribution in [2.45, 2.75) is 31.8 Å². The molecule has 2 saturated heterocycles. The van der Waals surface area contributed by atoms with Crippen LogP contribution in [0.15, 0.2) is 23.5 Å². The van der Waals surface area contributed by atoms with Crippen molar-refractivity contribution in [1.82, 2.24) is 15.0 Å². The van der Waals surface area contributed by atoms with Gasteiger partial charge in [-0.25, -0.2) is 19.9 Å². The van der Waals surface area contributed by atoms with Gasteiger partial charge in [-0.15, -0.1) is 0 Å². The maximum Gasteiger partial charge on any atom is 0.243 e. The van der Waals surface area contributed by atoms with Crippen molar-refractivity contribution in [1.29, 1.82) is 0 Å². The lowest BCUT2D eigenvalue weighted by Gasteiger charge is -2.37. The highest BCUT2D eigenvalue weighted by Crippen LogP contribution is 2.34. The lowest BCUT2D eigenvalue weighted by atomic mass is 9.91. The third-order valence-electron chi connectivity index (χ3n) is 5.99. The molecule has 2 aromatic heterocycles. The van der Waals surface area contributed by atoms with Crippen molar-refractivity contribution >= 4 is 29.1 Å². The second kappa shape index (κ2) is 8.22. The van der Waals surface area contributed by atoms with Crippen LogP contribution in [0.1, 0.15) is 31.2 Å². The molecule has 9 nitrogen and oxygen atoms in total. The van der Waals surface area contributed by atoms with Gasteiger partial charge in [-0.2, -0.15) is 0 Å². The third kappa shape index (κ3) is 4.17. The van der Waals surface area contributed by atoms with Gasteiger partial charge in [0.15, 0.2) is 11.6 Å². The van der Waals surface area contributed by atoms with E-state index in [1.54, 1.807) is 18.5 Å². The van der Waals surface area contributed by atoms with Gasteiger partial charge in [-0.3, -0.25) is 0 Å². The minimum atomic E-state index is -0.103. The maximum absolute atomic E-state index is 6.62.